The zero-order valence-corrected chi connectivity index (χ0v) is 8.91. The Morgan fingerprint density at radius 3 is 2.57 bits per heavy atom. The highest BCUT2D eigenvalue weighted by Crippen LogP contribution is 2.18. The average molecular weight is 198 g/mol. The summed E-state index contributed by atoms with van der Waals surface area (Å²) in [5.41, 5.74) is 0. The van der Waals surface area contributed by atoms with Gasteiger partial charge < -0.3 is 15.3 Å². The van der Waals surface area contributed by atoms with Crippen LogP contribution in [0.4, 0.5) is 0 Å². The third kappa shape index (κ3) is 2.69. The summed E-state index contributed by atoms with van der Waals surface area (Å²) in [6, 6.07) is 0.775. The fourth-order valence-electron chi connectivity index (χ4n) is 2.62. The van der Waals surface area contributed by atoms with E-state index in [9.17, 15) is 5.11 Å². The summed E-state index contributed by atoms with van der Waals surface area (Å²) < 4.78 is 0. The summed E-state index contributed by atoms with van der Waals surface area (Å²) in [5.74, 6) is 0. The van der Waals surface area contributed by atoms with Crippen LogP contribution in [-0.2, 0) is 0 Å². The molecule has 3 nitrogen and oxygen atoms in total. The zero-order valence-electron chi connectivity index (χ0n) is 8.91. The van der Waals surface area contributed by atoms with Crippen LogP contribution < -0.4 is 5.32 Å². The van der Waals surface area contributed by atoms with Gasteiger partial charge in [0.1, 0.15) is 0 Å². The van der Waals surface area contributed by atoms with Gasteiger partial charge in [0.05, 0.1) is 6.10 Å². The zero-order chi connectivity index (χ0) is 9.80. The minimum Gasteiger partial charge on any atom is -0.393 e. The van der Waals surface area contributed by atoms with Gasteiger partial charge in [-0.1, -0.05) is 0 Å². The maximum absolute atomic E-state index is 9.44. The second-order valence-corrected chi connectivity index (χ2v) is 4.60. The van der Waals surface area contributed by atoms with Gasteiger partial charge >= 0.3 is 0 Å². The topological polar surface area (TPSA) is 35.5 Å². The van der Waals surface area contributed by atoms with Crippen molar-refractivity contribution in [2.75, 3.05) is 26.2 Å². The highest BCUT2D eigenvalue weighted by Gasteiger charge is 2.24. The second kappa shape index (κ2) is 5.10. The lowest BCUT2D eigenvalue weighted by Gasteiger charge is -2.35. The molecule has 0 aromatic carbocycles. The smallest absolute Gasteiger partial charge is 0.0564 e. The number of nitrogens with zero attached hydrogens (tertiary/aromatic N) is 1. The maximum Gasteiger partial charge on any atom is 0.0564 e. The van der Waals surface area contributed by atoms with Crippen molar-refractivity contribution in [3.8, 4) is 0 Å². The molecule has 2 fully saturated rings. The van der Waals surface area contributed by atoms with Crippen molar-refractivity contribution < 1.29 is 5.11 Å². The van der Waals surface area contributed by atoms with Crippen molar-refractivity contribution in [1.29, 1.82) is 0 Å². The van der Waals surface area contributed by atoms with E-state index in [1.165, 1.54) is 32.4 Å². The Labute approximate surface area is 86.5 Å². The number of rotatable bonds is 1. The molecule has 1 unspecified atom stereocenters. The van der Waals surface area contributed by atoms with Crippen molar-refractivity contribution >= 4 is 0 Å². The molecule has 2 heterocycles. The molecule has 0 bridgehead atoms. The third-order valence-electron chi connectivity index (χ3n) is 3.56. The number of piperidine rings is 1. The standard InChI is InChI=1S/C11H22N2O/c14-11-4-8-13(9-5-11)10-2-1-6-12-7-3-10/h10-12,14H,1-9H2. The number of hydrogen-bond acceptors (Lipinski definition) is 3. The van der Waals surface area contributed by atoms with E-state index in [4.69, 9.17) is 0 Å². The molecule has 2 saturated heterocycles. The average Bonchev–Trinajstić information content (AvgIpc) is 2.47. The number of hydrogen-bond donors (Lipinski definition) is 2. The van der Waals surface area contributed by atoms with E-state index in [1.807, 2.05) is 0 Å². The molecule has 1 atom stereocenters. The third-order valence-corrected chi connectivity index (χ3v) is 3.56. The minimum atomic E-state index is -0.0323. The van der Waals surface area contributed by atoms with Gasteiger partial charge in [0.2, 0.25) is 0 Å². The van der Waals surface area contributed by atoms with Crippen LogP contribution in [0, 0.1) is 0 Å². The molecule has 0 radical (unpaired) electrons. The summed E-state index contributed by atoms with van der Waals surface area (Å²) in [6.07, 6.45) is 5.85. The predicted octanol–water partition coefficient (Wildman–Crippen LogP) is 0.585. The largest absolute Gasteiger partial charge is 0.393 e. The normalized spacial score (nSPS) is 32.8. The first kappa shape index (κ1) is 10.4. The van der Waals surface area contributed by atoms with Crippen molar-refractivity contribution in [3.05, 3.63) is 0 Å². The van der Waals surface area contributed by atoms with Gasteiger partial charge in [-0.3, -0.25) is 0 Å². The van der Waals surface area contributed by atoms with Gasteiger partial charge in [0, 0.05) is 19.1 Å². The fraction of sp³-hybridized carbons (Fsp3) is 1.00. The Morgan fingerprint density at radius 1 is 1.00 bits per heavy atom. The molecule has 0 amide bonds. The number of likely N-dealkylation sites (tertiary alicyclic amines) is 1. The van der Waals surface area contributed by atoms with Gasteiger partial charge in [-0.25, -0.2) is 0 Å². The molecule has 14 heavy (non-hydrogen) atoms. The lowest BCUT2D eigenvalue weighted by atomic mass is 10.0. The van der Waals surface area contributed by atoms with E-state index < -0.39 is 0 Å². The molecule has 2 N–H and O–H groups in total. The van der Waals surface area contributed by atoms with Crippen LogP contribution in [0.2, 0.25) is 0 Å². The molecule has 0 saturated carbocycles. The van der Waals surface area contributed by atoms with Crippen molar-refractivity contribution in [3.63, 3.8) is 0 Å². The summed E-state index contributed by atoms with van der Waals surface area (Å²) in [4.78, 5) is 2.58. The van der Waals surface area contributed by atoms with Gasteiger partial charge in [0.15, 0.2) is 0 Å². The number of nitrogens with one attached hydrogen (secondary N) is 1. The number of aliphatic hydroxyl groups is 1. The van der Waals surface area contributed by atoms with Gasteiger partial charge in [-0.05, 0) is 45.2 Å². The molecular weight excluding hydrogens is 176 g/mol. The second-order valence-electron chi connectivity index (χ2n) is 4.60. The molecule has 3 heteroatoms. The molecule has 0 aromatic heterocycles. The lowest BCUT2D eigenvalue weighted by Crippen LogP contribution is -2.43. The summed E-state index contributed by atoms with van der Waals surface area (Å²) in [7, 11) is 0. The Balaban J connectivity index is 1.81. The molecule has 2 aliphatic heterocycles. The van der Waals surface area contributed by atoms with Crippen LogP contribution in [0.3, 0.4) is 0 Å². The van der Waals surface area contributed by atoms with E-state index in [-0.39, 0.29) is 6.10 Å². The van der Waals surface area contributed by atoms with Crippen LogP contribution in [0.25, 0.3) is 0 Å². The van der Waals surface area contributed by atoms with E-state index in [2.05, 4.69) is 10.2 Å². The van der Waals surface area contributed by atoms with Crippen molar-refractivity contribution in [2.24, 2.45) is 0 Å². The van der Waals surface area contributed by atoms with Gasteiger partial charge in [0.25, 0.3) is 0 Å². The lowest BCUT2D eigenvalue weighted by molar-refractivity contribution is 0.0575. The van der Waals surface area contributed by atoms with E-state index >= 15 is 0 Å². The summed E-state index contributed by atoms with van der Waals surface area (Å²) in [5, 5.41) is 12.9. The molecule has 2 rings (SSSR count). The van der Waals surface area contributed by atoms with Crippen LogP contribution >= 0.6 is 0 Å². The molecular formula is C11H22N2O. The Hall–Kier alpha value is -0.120. The first-order valence-electron chi connectivity index (χ1n) is 5.99. The molecule has 0 aliphatic carbocycles. The van der Waals surface area contributed by atoms with Crippen LogP contribution in [-0.4, -0.2) is 48.3 Å². The van der Waals surface area contributed by atoms with Gasteiger partial charge in [-0.2, -0.15) is 0 Å². The predicted molar refractivity (Wildman–Crippen MR) is 57.3 cm³/mol. The van der Waals surface area contributed by atoms with Gasteiger partial charge in [-0.15, -0.1) is 0 Å². The molecule has 0 aromatic rings. The monoisotopic (exact) mass is 198 g/mol. The van der Waals surface area contributed by atoms with E-state index in [0.29, 0.717) is 0 Å². The van der Waals surface area contributed by atoms with E-state index in [0.717, 1.165) is 32.0 Å². The SMILES string of the molecule is OC1CCN(C2CCCNCC2)CC1. The van der Waals surface area contributed by atoms with E-state index in [1.54, 1.807) is 0 Å². The van der Waals surface area contributed by atoms with Crippen molar-refractivity contribution in [1.82, 2.24) is 10.2 Å². The quantitative estimate of drug-likeness (QED) is 0.647. The van der Waals surface area contributed by atoms with Crippen LogP contribution in [0.15, 0.2) is 0 Å². The van der Waals surface area contributed by atoms with Crippen LogP contribution in [0.1, 0.15) is 32.1 Å². The first-order chi connectivity index (χ1) is 6.86. The summed E-state index contributed by atoms with van der Waals surface area (Å²) >= 11 is 0. The fourth-order valence-corrected chi connectivity index (χ4v) is 2.62. The maximum atomic E-state index is 9.44. The minimum absolute atomic E-state index is 0.0323. The summed E-state index contributed by atoms with van der Waals surface area (Å²) in [6.45, 7) is 4.56. The molecule has 2 aliphatic rings. The Kier molecular flexibility index (Phi) is 3.79. The Bertz CT molecular complexity index is 159. The van der Waals surface area contributed by atoms with Crippen LogP contribution in [0.5, 0.6) is 0 Å². The first-order valence-corrected chi connectivity index (χ1v) is 5.99. The molecule has 0 spiro atoms. The highest BCUT2D eigenvalue weighted by atomic mass is 16.3. The molecule has 82 valence electrons. The van der Waals surface area contributed by atoms with Crippen molar-refractivity contribution in [2.45, 2.75) is 44.2 Å². The Morgan fingerprint density at radius 2 is 1.79 bits per heavy atom. The number of aliphatic hydroxyl groups excluding tert-OH is 1. The highest BCUT2D eigenvalue weighted by molar-refractivity contribution is 4.80.